The highest BCUT2D eigenvalue weighted by Gasteiger charge is 2.23. The van der Waals surface area contributed by atoms with E-state index < -0.39 is 18.4 Å². The second-order valence-corrected chi connectivity index (χ2v) is 6.42. The zero-order valence-corrected chi connectivity index (χ0v) is 14.3. The van der Waals surface area contributed by atoms with Gasteiger partial charge in [-0.2, -0.15) is 0 Å². The molecule has 7 heteroatoms. The van der Waals surface area contributed by atoms with Gasteiger partial charge in [0, 0.05) is 18.7 Å². The van der Waals surface area contributed by atoms with Crippen molar-refractivity contribution in [2.24, 2.45) is 5.73 Å². The van der Waals surface area contributed by atoms with Gasteiger partial charge in [-0.05, 0) is 57.4 Å². The fourth-order valence-electron chi connectivity index (χ4n) is 2.27. The van der Waals surface area contributed by atoms with Crippen LogP contribution in [0.15, 0.2) is 18.2 Å². The molecule has 5 nitrogen and oxygen atoms in total. The van der Waals surface area contributed by atoms with E-state index in [0.29, 0.717) is 31.5 Å². The molecule has 0 spiro atoms. The summed E-state index contributed by atoms with van der Waals surface area (Å²) in [6.45, 7) is 5.86. The molecule has 0 unspecified atom stereocenters. The number of nitrogens with two attached hydrogens (primary N) is 1. The van der Waals surface area contributed by atoms with Gasteiger partial charge < -0.3 is 15.4 Å². The maximum Gasteiger partial charge on any atom is 0.405 e. The molecule has 0 radical (unpaired) electrons. The lowest BCUT2D eigenvalue weighted by atomic mass is 9.99. The van der Waals surface area contributed by atoms with Gasteiger partial charge in [-0.1, -0.05) is 0 Å². The van der Waals surface area contributed by atoms with E-state index in [4.69, 9.17) is 5.73 Å². The number of rotatable bonds is 3. The molecule has 0 aliphatic carbocycles. The molecule has 2 amide bonds. The van der Waals surface area contributed by atoms with Crippen molar-refractivity contribution in [3.8, 4) is 0 Å². The average Bonchev–Trinajstić information content (AvgIpc) is 2.44. The quantitative estimate of drug-likeness (QED) is 0.917. The molecule has 0 fully saturated rings. The van der Waals surface area contributed by atoms with Crippen LogP contribution in [0.25, 0.3) is 0 Å². The van der Waals surface area contributed by atoms with Crippen molar-refractivity contribution in [3.05, 3.63) is 35.1 Å². The molecule has 1 aliphatic rings. The minimum Gasteiger partial charge on any atom is -0.444 e. The lowest BCUT2D eigenvalue weighted by molar-refractivity contribution is 0.0599. The van der Waals surface area contributed by atoms with Gasteiger partial charge >= 0.3 is 6.09 Å². The van der Waals surface area contributed by atoms with Crippen LogP contribution in [0.1, 0.15) is 43.1 Å². The van der Waals surface area contributed by atoms with E-state index in [9.17, 15) is 18.4 Å². The summed E-state index contributed by atoms with van der Waals surface area (Å²) in [6, 6.07) is 4.20. The first kappa shape index (κ1) is 19.9. The molecular weight excluding hydrogens is 318 g/mol. The largest absolute Gasteiger partial charge is 0.444 e. The number of amides is 2. The molecule has 24 heavy (non-hydrogen) atoms. The monoisotopic (exact) mass is 342 g/mol. The maximum absolute atomic E-state index is 12.9. The number of carbonyl (C=O) groups is 2. The van der Waals surface area contributed by atoms with Crippen LogP contribution in [0.5, 0.6) is 0 Å². The molecular formula is C17H24F2N2O3. The molecule has 2 N–H and O–H groups in total. The van der Waals surface area contributed by atoms with E-state index in [-0.39, 0.29) is 11.7 Å². The molecule has 1 heterocycles. The Labute approximate surface area is 140 Å². The molecule has 1 aromatic carbocycles. The number of ether oxygens (including phenoxy) is 1. The van der Waals surface area contributed by atoms with E-state index in [1.54, 1.807) is 25.7 Å². The Morgan fingerprint density at radius 1 is 1.38 bits per heavy atom. The number of benzene rings is 1. The summed E-state index contributed by atoms with van der Waals surface area (Å²) in [5, 5.41) is 0. The van der Waals surface area contributed by atoms with Crippen molar-refractivity contribution in [2.45, 2.75) is 39.2 Å². The van der Waals surface area contributed by atoms with E-state index in [1.165, 1.54) is 18.2 Å². The molecule has 2 rings (SSSR count). The second-order valence-electron chi connectivity index (χ2n) is 6.42. The molecule has 0 atom stereocenters. The Morgan fingerprint density at radius 2 is 2.04 bits per heavy atom. The van der Waals surface area contributed by atoms with Crippen LogP contribution in [0.2, 0.25) is 0 Å². The molecule has 0 saturated heterocycles. The standard InChI is InChI=1S/C12H13F2NO.C5H11NO2/c13-5-1-6-15-7-4-9-8-10(14)2-3-11(9)12(15)16;1-5(2,3)8-4(6)7/h2-3,8H,1,4-7H2;1-3H3,(H2,6,7). The number of halogens is 2. The van der Waals surface area contributed by atoms with Gasteiger partial charge in [0.05, 0.1) is 6.67 Å². The summed E-state index contributed by atoms with van der Waals surface area (Å²) in [5.41, 5.74) is 5.56. The number of primary amides is 1. The fraction of sp³-hybridized carbons (Fsp3) is 0.529. The normalized spacial score (nSPS) is 13.7. The summed E-state index contributed by atoms with van der Waals surface area (Å²) < 4.78 is 29.6. The molecule has 0 aromatic heterocycles. The summed E-state index contributed by atoms with van der Waals surface area (Å²) >= 11 is 0. The number of hydrogen-bond donors (Lipinski definition) is 1. The van der Waals surface area contributed by atoms with Gasteiger partial charge in [-0.3, -0.25) is 9.18 Å². The Hall–Kier alpha value is -2.18. The van der Waals surface area contributed by atoms with E-state index in [0.717, 1.165) is 5.56 Å². The molecule has 0 bridgehead atoms. The minimum atomic E-state index is -0.725. The molecule has 134 valence electrons. The number of fused-ring (bicyclic) bond motifs is 1. The van der Waals surface area contributed by atoms with Gasteiger partial charge in [0.1, 0.15) is 11.4 Å². The van der Waals surface area contributed by atoms with E-state index >= 15 is 0 Å². The Balaban J connectivity index is 0.000000307. The van der Waals surface area contributed by atoms with Gasteiger partial charge in [-0.15, -0.1) is 0 Å². The third-order valence-electron chi connectivity index (χ3n) is 3.20. The Kier molecular flexibility index (Phi) is 7.13. The zero-order chi connectivity index (χ0) is 18.3. The predicted octanol–water partition coefficient (Wildman–Crippen LogP) is 3.06. The number of alkyl halides is 1. The summed E-state index contributed by atoms with van der Waals surface area (Å²) in [7, 11) is 0. The first-order valence-electron chi connectivity index (χ1n) is 7.76. The van der Waals surface area contributed by atoms with Crippen molar-refractivity contribution in [1.29, 1.82) is 0 Å². The smallest absolute Gasteiger partial charge is 0.405 e. The summed E-state index contributed by atoms with van der Waals surface area (Å²) in [4.78, 5) is 23.6. The second kappa shape index (κ2) is 8.61. The van der Waals surface area contributed by atoms with Crippen LogP contribution in [0.4, 0.5) is 13.6 Å². The number of nitrogens with zero attached hydrogens (tertiary/aromatic N) is 1. The minimum absolute atomic E-state index is 0.116. The first-order chi connectivity index (χ1) is 11.1. The van der Waals surface area contributed by atoms with Crippen LogP contribution < -0.4 is 5.73 Å². The topological polar surface area (TPSA) is 72.6 Å². The highest BCUT2D eigenvalue weighted by molar-refractivity contribution is 5.96. The average molecular weight is 342 g/mol. The SMILES string of the molecule is CC(C)(C)OC(N)=O.O=C1c2ccc(F)cc2CCN1CCCF. The third-order valence-corrected chi connectivity index (χ3v) is 3.20. The number of hydrogen-bond acceptors (Lipinski definition) is 3. The fourth-order valence-corrected chi connectivity index (χ4v) is 2.27. The van der Waals surface area contributed by atoms with Crippen molar-refractivity contribution >= 4 is 12.0 Å². The van der Waals surface area contributed by atoms with E-state index in [2.05, 4.69) is 4.74 Å². The highest BCUT2D eigenvalue weighted by Crippen LogP contribution is 2.20. The zero-order valence-electron chi connectivity index (χ0n) is 14.3. The van der Waals surface area contributed by atoms with E-state index in [1.807, 2.05) is 0 Å². The highest BCUT2D eigenvalue weighted by atomic mass is 19.1. The van der Waals surface area contributed by atoms with Crippen molar-refractivity contribution < 1.29 is 23.1 Å². The van der Waals surface area contributed by atoms with Crippen LogP contribution >= 0.6 is 0 Å². The molecule has 1 aromatic rings. The Bertz CT molecular complexity index is 586. The van der Waals surface area contributed by atoms with Crippen molar-refractivity contribution in [2.75, 3.05) is 19.8 Å². The predicted molar refractivity (Wildman–Crippen MR) is 87.0 cm³/mol. The summed E-state index contributed by atoms with van der Waals surface area (Å²) in [6.07, 6.45) is 0.283. The van der Waals surface area contributed by atoms with Crippen LogP contribution in [-0.2, 0) is 11.2 Å². The number of carbonyl (C=O) groups excluding carboxylic acids is 2. The molecule has 1 aliphatic heterocycles. The van der Waals surface area contributed by atoms with Gasteiger partial charge in [0.2, 0.25) is 0 Å². The van der Waals surface area contributed by atoms with Crippen LogP contribution in [0, 0.1) is 5.82 Å². The molecule has 0 saturated carbocycles. The van der Waals surface area contributed by atoms with Crippen molar-refractivity contribution in [3.63, 3.8) is 0 Å². The first-order valence-corrected chi connectivity index (χ1v) is 7.76. The maximum atomic E-state index is 12.9. The van der Waals surface area contributed by atoms with Crippen LogP contribution in [-0.4, -0.2) is 42.3 Å². The van der Waals surface area contributed by atoms with Crippen molar-refractivity contribution in [1.82, 2.24) is 4.90 Å². The van der Waals surface area contributed by atoms with Crippen LogP contribution in [0.3, 0.4) is 0 Å². The Morgan fingerprint density at radius 3 is 2.54 bits per heavy atom. The summed E-state index contributed by atoms with van der Waals surface area (Å²) in [5.74, 6) is -0.432. The third kappa shape index (κ3) is 6.52. The van der Waals surface area contributed by atoms with Gasteiger partial charge in [-0.25, -0.2) is 9.18 Å². The lowest BCUT2D eigenvalue weighted by Crippen LogP contribution is -2.38. The van der Waals surface area contributed by atoms with Gasteiger partial charge in [0.15, 0.2) is 0 Å². The van der Waals surface area contributed by atoms with Gasteiger partial charge in [0.25, 0.3) is 5.91 Å². The lowest BCUT2D eigenvalue weighted by Gasteiger charge is -2.28.